The molecular weight excluding hydrogens is 257 g/mol. The number of H-pyrrole nitrogens is 1. The Morgan fingerprint density at radius 1 is 1.56 bits per heavy atom. The van der Waals surface area contributed by atoms with Crippen LogP contribution in [0.25, 0.3) is 11.0 Å². The van der Waals surface area contributed by atoms with Gasteiger partial charge in [-0.05, 0) is 18.2 Å². The van der Waals surface area contributed by atoms with E-state index in [0.717, 1.165) is 18.0 Å². The minimum atomic E-state index is -0.270. The van der Waals surface area contributed by atoms with Crippen LogP contribution in [0.5, 0.6) is 0 Å². The molecule has 1 unspecified atom stereocenters. The lowest BCUT2D eigenvalue weighted by Gasteiger charge is -2.34. The van der Waals surface area contributed by atoms with Crippen molar-refractivity contribution in [2.45, 2.75) is 6.04 Å². The molecule has 1 saturated heterocycles. The molecule has 1 aromatic heterocycles. The van der Waals surface area contributed by atoms with E-state index in [1.165, 1.54) is 12.1 Å². The standard InChI is InChI=1S/C12H13ClFN3O/c13-6-9-7-18-4-3-17(9)12-15-10-2-1-8(14)5-11(10)16-12/h1-2,5,9H,3-4,6-7H2,(H,15,16). The number of ether oxygens (including phenoxy) is 1. The summed E-state index contributed by atoms with van der Waals surface area (Å²) in [4.78, 5) is 9.67. The first kappa shape index (κ1) is 11.7. The van der Waals surface area contributed by atoms with Gasteiger partial charge in [-0.1, -0.05) is 0 Å². The number of halogens is 2. The number of anilines is 1. The summed E-state index contributed by atoms with van der Waals surface area (Å²) in [6.45, 7) is 1.98. The Morgan fingerprint density at radius 3 is 3.28 bits per heavy atom. The largest absolute Gasteiger partial charge is 0.377 e. The summed E-state index contributed by atoms with van der Waals surface area (Å²) in [5.74, 6) is 0.934. The topological polar surface area (TPSA) is 41.2 Å². The van der Waals surface area contributed by atoms with Crippen LogP contribution in [0.2, 0.25) is 0 Å². The number of nitrogens with zero attached hydrogens (tertiary/aromatic N) is 2. The van der Waals surface area contributed by atoms with Crippen molar-refractivity contribution in [3.8, 4) is 0 Å². The van der Waals surface area contributed by atoms with Crippen LogP contribution in [0.15, 0.2) is 18.2 Å². The van der Waals surface area contributed by atoms with Crippen molar-refractivity contribution < 1.29 is 9.13 Å². The normalized spacial score (nSPS) is 20.6. The lowest BCUT2D eigenvalue weighted by molar-refractivity contribution is 0.0990. The van der Waals surface area contributed by atoms with Crippen LogP contribution in [-0.2, 0) is 4.74 Å². The van der Waals surface area contributed by atoms with Crippen LogP contribution in [0.1, 0.15) is 0 Å². The number of hydrogen-bond acceptors (Lipinski definition) is 3. The number of hydrogen-bond donors (Lipinski definition) is 1. The summed E-state index contributed by atoms with van der Waals surface area (Å²) in [6.07, 6.45) is 0. The van der Waals surface area contributed by atoms with Gasteiger partial charge in [-0.15, -0.1) is 11.6 Å². The molecule has 3 rings (SSSR count). The smallest absolute Gasteiger partial charge is 0.204 e. The molecule has 2 heterocycles. The van der Waals surface area contributed by atoms with Crippen molar-refractivity contribution in [3.63, 3.8) is 0 Å². The first-order chi connectivity index (χ1) is 8.78. The Morgan fingerprint density at radius 2 is 2.44 bits per heavy atom. The van der Waals surface area contributed by atoms with Crippen molar-refractivity contribution in [2.75, 3.05) is 30.5 Å². The molecule has 2 aromatic rings. The van der Waals surface area contributed by atoms with Crippen LogP contribution in [0, 0.1) is 5.82 Å². The highest BCUT2D eigenvalue weighted by atomic mass is 35.5. The van der Waals surface area contributed by atoms with Gasteiger partial charge in [0.15, 0.2) is 0 Å². The van der Waals surface area contributed by atoms with Crippen molar-refractivity contribution in [3.05, 3.63) is 24.0 Å². The molecule has 0 saturated carbocycles. The summed E-state index contributed by atoms with van der Waals surface area (Å²) < 4.78 is 18.5. The van der Waals surface area contributed by atoms with Crippen molar-refractivity contribution in [2.24, 2.45) is 0 Å². The van der Waals surface area contributed by atoms with Crippen LogP contribution >= 0.6 is 11.6 Å². The molecule has 1 aliphatic rings. The molecular formula is C12H13ClFN3O. The van der Waals surface area contributed by atoms with E-state index in [4.69, 9.17) is 16.3 Å². The molecule has 1 fully saturated rings. The van der Waals surface area contributed by atoms with Gasteiger partial charge in [-0.2, -0.15) is 0 Å². The van der Waals surface area contributed by atoms with Gasteiger partial charge < -0.3 is 14.6 Å². The molecule has 0 aliphatic carbocycles. The van der Waals surface area contributed by atoms with E-state index in [-0.39, 0.29) is 11.9 Å². The molecule has 1 N–H and O–H groups in total. The first-order valence-corrected chi connectivity index (χ1v) is 6.37. The molecule has 1 atom stereocenters. The fourth-order valence-corrected chi connectivity index (χ4v) is 2.42. The van der Waals surface area contributed by atoms with Gasteiger partial charge in [-0.25, -0.2) is 9.37 Å². The Kier molecular flexibility index (Phi) is 3.09. The van der Waals surface area contributed by atoms with Gasteiger partial charge in [0.1, 0.15) is 5.82 Å². The highest BCUT2D eigenvalue weighted by molar-refractivity contribution is 6.18. The van der Waals surface area contributed by atoms with Crippen molar-refractivity contribution >= 4 is 28.6 Å². The fraction of sp³-hybridized carbons (Fsp3) is 0.417. The average molecular weight is 270 g/mol. The summed E-state index contributed by atoms with van der Waals surface area (Å²) in [7, 11) is 0. The Hall–Kier alpha value is -1.33. The van der Waals surface area contributed by atoms with Gasteiger partial charge in [0.2, 0.25) is 5.95 Å². The number of morpholine rings is 1. The zero-order valence-electron chi connectivity index (χ0n) is 9.70. The van der Waals surface area contributed by atoms with E-state index in [0.29, 0.717) is 24.6 Å². The molecule has 1 aliphatic heterocycles. The number of fused-ring (bicyclic) bond motifs is 1. The van der Waals surface area contributed by atoms with E-state index < -0.39 is 0 Å². The maximum atomic E-state index is 13.1. The third-order valence-corrected chi connectivity index (χ3v) is 3.47. The molecule has 1 aromatic carbocycles. The van der Waals surface area contributed by atoms with Gasteiger partial charge in [-0.3, -0.25) is 0 Å². The second kappa shape index (κ2) is 4.74. The van der Waals surface area contributed by atoms with Gasteiger partial charge in [0.25, 0.3) is 0 Å². The predicted molar refractivity (Wildman–Crippen MR) is 68.7 cm³/mol. The van der Waals surface area contributed by atoms with Crippen molar-refractivity contribution in [1.82, 2.24) is 9.97 Å². The van der Waals surface area contributed by atoms with Crippen LogP contribution in [0.3, 0.4) is 0 Å². The number of aromatic nitrogens is 2. The Balaban J connectivity index is 1.97. The second-order valence-corrected chi connectivity index (χ2v) is 4.61. The van der Waals surface area contributed by atoms with E-state index in [1.807, 2.05) is 0 Å². The zero-order chi connectivity index (χ0) is 12.5. The first-order valence-electron chi connectivity index (χ1n) is 5.83. The lowest BCUT2D eigenvalue weighted by atomic mass is 10.3. The minimum Gasteiger partial charge on any atom is -0.377 e. The van der Waals surface area contributed by atoms with Gasteiger partial charge in [0, 0.05) is 12.4 Å². The van der Waals surface area contributed by atoms with Crippen LogP contribution < -0.4 is 4.90 Å². The van der Waals surface area contributed by atoms with Crippen molar-refractivity contribution in [1.29, 1.82) is 0 Å². The summed E-state index contributed by atoms with van der Waals surface area (Å²) in [6, 6.07) is 4.62. The fourth-order valence-electron chi connectivity index (χ4n) is 2.17. The average Bonchev–Trinajstić information content (AvgIpc) is 2.81. The van der Waals surface area contributed by atoms with E-state index in [2.05, 4.69) is 14.9 Å². The zero-order valence-corrected chi connectivity index (χ0v) is 10.5. The maximum absolute atomic E-state index is 13.1. The Bertz CT molecular complexity index is 559. The minimum absolute atomic E-state index is 0.103. The highest BCUT2D eigenvalue weighted by Crippen LogP contribution is 2.21. The molecule has 0 amide bonds. The van der Waals surface area contributed by atoms with E-state index in [9.17, 15) is 4.39 Å². The third-order valence-electron chi connectivity index (χ3n) is 3.11. The molecule has 0 spiro atoms. The lowest BCUT2D eigenvalue weighted by Crippen LogP contribution is -2.47. The number of imidazole rings is 1. The molecule has 96 valence electrons. The summed E-state index contributed by atoms with van der Waals surface area (Å²) >= 11 is 5.93. The van der Waals surface area contributed by atoms with Gasteiger partial charge in [0.05, 0.1) is 30.3 Å². The van der Waals surface area contributed by atoms with Crippen LogP contribution in [-0.4, -0.2) is 41.6 Å². The van der Waals surface area contributed by atoms with Gasteiger partial charge >= 0.3 is 0 Å². The Labute approximate surface area is 109 Å². The number of aromatic amines is 1. The maximum Gasteiger partial charge on any atom is 0.204 e. The number of alkyl halides is 1. The van der Waals surface area contributed by atoms with E-state index >= 15 is 0 Å². The molecule has 4 nitrogen and oxygen atoms in total. The number of nitrogens with one attached hydrogen (secondary N) is 1. The number of rotatable bonds is 2. The summed E-state index contributed by atoms with van der Waals surface area (Å²) in [5, 5.41) is 0. The molecule has 6 heteroatoms. The predicted octanol–water partition coefficient (Wildman–Crippen LogP) is 2.15. The SMILES string of the molecule is Fc1ccc2nc(N3CCOCC3CCl)[nH]c2c1. The van der Waals surface area contributed by atoms with E-state index in [1.54, 1.807) is 6.07 Å². The van der Waals surface area contributed by atoms with Crippen LogP contribution in [0.4, 0.5) is 10.3 Å². The molecule has 0 radical (unpaired) electrons. The molecule has 18 heavy (non-hydrogen) atoms. The summed E-state index contributed by atoms with van der Waals surface area (Å²) in [5.41, 5.74) is 1.45. The highest BCUT2D eigenvalue weighted by Gasteiger charge is 2.24. The second-order valence-electron chi connectivity index (χ2n) is 4.30. The quantitative estimate of drug-likeness (QED) is 0.850. The third kappa shape index (κ3) is 2.04. The molecule has 0 bridgehead atoms. The number of benzene rings is 1. The monoisotopic (exact) mass is 269 g/mol.